The molecule has 0 atom stereocenters. The van der Waals surface area contributed by atoms with Gasteiger partial charge in [0, 0.05) is 24.5 Å². The third kappa shape index (κ3) is 1.83. The summed E-state index contributed by atoms with van der Waals surface area (Å²) in [5.74, 6) is 0. The summed E-state index contributed by atoms with van der Waals surface area (Å²) in [7, 11) is 0. The van der Waals surface area contributed by atoms with Gasteiger partial charge in [-0.1, -0.05) is 11.6 Å². The number of hydrogen-bond donors (Lipinski definition) is 1. The molecular weight excluding hydrogens is 200 g/mol. The third-order valence-electron chi connectivity index (χ3n) is 1.78. The fraction of sp³-hybridized carbons (Fsp3) is 0. The first-order valence-electron chi connectivity index (χ1n) is 4.06. The molecule has 0 aliphatic heterocycles. The quantitative estimate of drug-likeness (QED) is 0.777. The van der Waals surface area contributed by atoms with Crippen molar-refractivity contribution in [1.29, 1.82) is 0 Å². The first-order chi connectivity index (χ1) is 6.75. The highest BCUT2D eigenvalue weighted by Gasteiger charge is 1.98. The van der Waals surface area contributed by atoms with Crippen LogP contribution in [0.4, 0.5) is 0 Å². The van der Waals surface area contributed by atoms with Gasteiger partial charge in [-0.25, -0.2) is 0 Å². The summed E-state index contributed by atoms with van der Waals surface area (Å²) in [5.41, 5.74) is 1.34. The fourth-order valence-electron chi connectivity index (χ4n) is 1.13. The summed E-state index contributed by atoms with van der Waals surface area (Å²) >= 11 is 5.70. The van der Waals surface area contributed by atoms with E-state index in [0.29, 0.717) is 16.4 Å². The Morgan fingerprint density at radius 2 is 2.14 bits per heavy atom. The second-order valence-electron chi connectivity index (χ2n) is 2.80. The number of rotatable bonds is 1. The maximum atomic E-state index is 11.1. The first-order valence-corrected chi connectivity index (χ1v) is 4.44. The minimum absolute atomic E-state index is 0.0458. The van der Waals surface area contributed by atoms with E-state index in [1.165, 1.54) is 12.1 Å². The second-order valence-corrected chi connectivity index (χ2v) is 3.24. The van der Waals surface area contributed by atoms with Crippen LogP contribution in [0, 0.1) is 0 Å². The number of pyridine rings is 2. The number of halogens is 1. The van der Waals surface area contributed by atoms with Crippen molar-refractivity contribution in [1.82, 2.24) is 9.97 Å². The summed E-state index contributed by atoms with van der Waals surface area (Å²) in [4.78, 5) is 18.1. The molecule has 1 N–H and O–H groups in total. The lowest BCUT2D eigenvalue weighted by Gasteiger charge is -1.99. The smallest absolute Gasteiger partial charge is 0.182 e. The summed E-state index contributed by atoms with van der Waals surface area (Å²) in [5, 5.41) is 0.576. The highest BCUT2D eigenvalue weighted by Crippen LogP contribution is 2.14. The van der Waals surface area contributed by atoms with Crippen molar-refractivity contribution >= 4 is 11.6 Å². The van der Waals surface area contributed by atoms with Crippen LogP contribution in [0.1, 0.15) is 0 Å². The molecule has 0 unspecified atom stereocenters. The van der Waals surface area contributed by atoms with Gasteiger partial charge in [-0.15, -0.1) is 0 Å². The van der Waals surface area contributed by atoms with Gasteiger partial charge in [-0.3, -0.25) is 9.78 Å². The van der Waals surface area contributed by atoms with Crippen LogP contribution < -0.4 is 5.43 Å². The highest BCUT2D eigenvalue weighted by atomic mass is 35.5. The number of nitrogens with one attached hydrogen (secondary N) is 1. The van der Waals surface area contributed by atoms with E-state index >= 15 is 0 Å². The standard InChI is InChI=1S/C10H7ClN2O/c11-7-1-2-9(13-6-7)10-5-8(14)3-4-12-10/h1-6H,(H,12,14). The van der Waals surface area contributed by atoms with Crippen molar-refractivity contribution in [3.63, 3.8) is 0 Å². The Labute approximate surface area is 85.4 Å². The largest absolute Gasteiger partial charge is 0.360 e. The summed E-state index contributed by atoms with van der Waals surface area (Å²) in [6.07, 6.45) is 3.14. The molecule has 0 saturated carbocycles. The summed E-state index contributed by atoms with van der Waals surface area (Å²) < 4.78 is 0. The molecular formula is C10H7ClN2O. The van der Waals surface area contributed by atoms with E-state index in [1.54, 1.807) is 24.5 Å². The molecule has 2 rings (SSSR count). The van der Waals surface area contributed by atoms with Crippen LogP contribution in [-0.2, 0) is 0 Å². The van der Waals surface area contributed by atoms with Gasteiger partial charge in [0.2, 0.25) is 0 Å². The Bertz CT molecular complexity index is 490. The van der Waals surface area contributed by atoms with E-state index in [4.69, 9.17) is 11.6 Å². The van der Waals surface area contributed by atoms with E-state index < -0.39 is 0 Å². The molecule has 2 aromatic rings. The SMILES string of the molecule is O=c1cc[nH]c(-c2ccc(Cl)cn2)c1. The van der Waals surface area contributed by atoms with Crippen LogP contribution >= 0.6 is 11.6 Å². The molecule has 2 aromatic heterocycles. The first kappa shape index (κ1) is 8.97. The van der Waals surface area contributed by atoms with Crippen LogP contribution in [0.2, 0.25) is 5.02 Å². The molecule has 70 valence electrons. The number of H-pyrrole nitrogens is 1. The molecule has 0 radical (unpaired) electrons. The highest BCUT2D eigenvalue weighted by molar-refractivity contribution is 6.30. The molecule has 0 saturated heterocycles. The van der Waals surface area contributed by atoms with Gasteiger partial charge < -0.3 is 4.98 Å². The Kier molecular flexibility index (Phi) is 2.33. The predicted molar refractivity (Wildman–Crippen MR) is 55.3 cm³/mol. The molecule has 0 aromatic carbocycles. The molecule has 0 amide bonds. The lowest BCUT2D eigenvalue weighted by molar-refractivity contribution is 1.24. The zero-order chi connectivity index (χ0) is 9.97. The Balaban J connectivity index is 2.50. The second kappa shape index (κ2) is 3.64. The zero-order valence-electron chi connectivity index (χ0n) is 7.20. The van der Waals surface area contributed by atoms with Gasteiger partial charge >= 0.3 is 0 Å². The van der Waals surface area contributed by atoms with Crippen molar-refractivity contribution in [2.45, 2.75) is 0 Å². The van der Waals surface area contributed by atoms with Gasteiger partial charge in [0.25, 0.3) is 0 Å². The number of nitrogens with zero attached hydrogens (tertiary/aromatic N) is 1. The molecule has 3 nitrogen and oxygen atoms in total. The molecule has 4 heteroatoms. The van der Waals surface area contributed by atoms with Crippen LogP contribution in [-0.4, -0.2) is 9.97 Å². The maximum Gasteiger partial charge on any atom is 0.182 e. The van der Waals surface area contributed by atoms with Crippen molar-refractivity contribution in [2.75, 3.05) is 0 Å². The topological polar surface area (TPSA) is 45.8 Å². The zero-order valence-corrected chi connectivity index (χ0v) is 7.95. The van der Waals surface area contributed by atoms with Gasteiger partial charge in [0.05, 0.1) is 16.4 Å². The number of aromatic nitrogens is 2. The molecule has 0 fully saturated rings. The molecule has 14 heavy (non-hydrogen) atoms. The maximum absolute atomic E-state index is 11.1. The van der Waals surface area contributed by atoms with Gasteiger partial charge in [-0.2, -0.15) is 0 Å². The average Bonchev–Trinajstić information content (AvgIpc) is 2.19. The Hall–Kier alpha value is -1.61. The molecule has 2 heterocycles. The summed E-state index contributed by atoms with van der Waals surface area (Å²) in [6, 6.07) is 6.44. The van der Waals surface area contributed by atoms with Crippen LogP contribution in [0.15, 0.2) is 41.5 Å². The van der Waals surface area contributed by atoms with Crippen molar-refractivity contribution in [2.24, 2.45) is 0 Å². The average molecular weight is 207 g/mol. The minimum Gasteiger partial charge on any atom is -0.360 e. The predicted octanol–water partition coefficient (Wildman–Crippen LogP) is 2.09. The lowest BCUT2D eigenvalue weighted by Crippen LogP contribution is -1.98. The van der Waals surface area contributed by atoms with Crippen molar-refractivity contribution < 1.29 is 0 Å². The lowest BCUT2D eigenvalue weighted by atomic mass is 10.2. The van der Waals surface area contributed by atoms with Crippen LogP contribution in [0.25, 0.3) is 11.4 Å². The normalized spacial score (nSPS) is 10.1. The van der Waals surface area contributed by atoms with Gasteiger partial charge in [0.15, 0.2) is 5.43 Å². The van der Waals surface area contributed by atoms with Gasteiger partial charge in [-0.05, 0) is 12.1 Å². The van der Waals surface area contributed by atoms with E-state index in [9.17, 15) is 4.79 Å². The monoisotopic (exact) mass is 206 g/mol. The summed E-state index contributed by atoms with van der Waals surface area (Å²) in [6.45, 7) is 0. The van der Waals surface area contributed by atoms with E-state index in [-0.39, 0.29) is 5.43 Å². The number of hydrogen-bond acceptors (Lipinski definition) is 2. The van der Waals surface area contributed by atoms with Crippen molar-refractivity contribution in [3.8, 4) is 11.4 Å². The van der Waals surface area contributed by atoms with E-state index in [0.717, 1.165) is 0 Å². The molecule has 0 bridgehead atoms. The third-order valence-corrected chi connectivity index (χ3v) is 2.00. The van der Waals surface area contributed by atoms with E-state index in [2.05, 4.69) is 9.97 Å². The van der Waals surface area contributed by atoms with Crippen LogP contribution in [0.5, 0.6) is 0 Å². The van der Waals surface area contributed by atoms with E-state index in [1.807, 2.05) is 0 Å². The van der Waals surface area contributed by atoms with Crippen LogP contribution in [0.3, 0.4) is 0 Å². The molecule has 0 aliphatic rings. The van der Waals surface area contributed by atoms with Crippen molar-refractivity contribution in [3.05, 3.63) is 51.9 Å². The Morgan fingerprint density at radius 3 is 2.79 bits per heavy atom. The number of aromatic amines is 1. The minimum atomic E-state index is -0.0458. The van der Waals surface area contributed by atoms with Gasteiger partial charge in [0.1, 0.15) is 0 Å². The fourth-order valence-corrected chi connectivity index (χ4v) is 1.24. The Morgan fingerprint density at radius 1 is 1.29 bits per heavy atom. The molecule has 0 aliphatic carbocycles. The molecule has 0 spiro atoms.